The lowest BCUT2D eigenvalue weighted by Crippen LogP contribution is -2.34. The van der Waals surface area contributed by atoms with Crippen molar-refractivity contribution in [2.75, 3.05) is 6.61 Å². The Bertz CT molecular complexity index is 296. The lowest BCUT2D eigenvalue weighted by Gasteiger charge is -2.23. The van der Waals surface area contributed by atoms with Gasteiger partial charge in [0.15, 0.2) is 0 Å². The van der Waals surface area contributed by atoms with Crippen molar-refractivity contribution < 1.29 is 4.74 Å². The predicted octanol–water partition coefficient (Wildman–Crippen LogP) is 1.26. The van der Waals surface area contributed by atoms with Crippen molar-refractivity contribution in [1.82, 2.24) is 0 Å². The fourth-order valence-electron chi connectivity index (χ4n) is 1.61. The normalized spacial score (nSPS) is 21.3. The molecule has 2 heteroatoms. The third-order valence-electron chi connectivity index (χ3n) is 2.22. The van der Waals surface area contributed by atoms with Gasteiger partial charge in [-0.25, -0.2) is 0 Å². The highest BCUT2D eigenvalue weighted by Gasteiger charge is 2.17. The van der Waals surface area contributed by atoms with Crippen LogP contribution in [0.25, 0.3) is 0 Å². The SMILES string of the molecule is Cc1cccc2c1OC[C@H](N)C2. The highest BCUT2D eigenvalue weighted by Crippen LogP contribution is 2.27. The molecule has 0 radical (unpaired) electrons. The molecule has 0 aromatic heterocycles. The lowest BCUT2D eigenvalue weighted by atomic mass is 10.0. The van der Waals surface area contributed by atoms with Gasteiger partial charge in [-0.1, -0.05) is 18.2 Å². The zero-order valence-corrected chi connectivity index (χ0v) is 7.21. The largest absolute Gasteiger partial charge is 0.491 e. The van der Waals surface area contributed by atoms with E-state index < -0.39 is 0 Å². The molecule has 2 nitrogen and oxygen atoms in total. The van der Waals surface area contributed by atoms with E-state index in [4.69, 9.17) is 10.5 Å². The summed E-state index contributed by atoms with van der Waals surface area (Å²) in [5, 5.41) is 0. The van der Waals surface area contributed by atoms with Gasteiger partial charge in [-0.15, -0.1) is 0 Å². The van der Waals surface area contributed by atoms with Crippen molar-refractivity contribution >= 4 is 0 Å². The summed E-state index contributed by atoms with van der Waals surface area (Å²) in [6.45, 7) is 2.72. The quantitative estimate of drug-likeness (QED) is 0.625. The Balaban J connectivity index is 2.42. The van der Waals surface area contributed by atoms with Crippen molar-refractivity contribution in [3.8, 4) is 5.75 Å². The van der Waals surface area contributed by atoms with Crippen molar-refractivity contribution in [3.63, 3.8) is 0 Å². The molecule has 1 aliphatic rings. The van der Waals surface area contributed by atoms with Crippen molar-refractivity contribution in [3.05, 3.63) is 29.3 Å². The van der Waals surface area contributed by atoms with Crippen molar-refractivity contribution in [2.24, 2.45) is 5.73 Å². The molecule has 1 aromatic rings. The average Bonchev–Trinajstić information content (AvgIpc) is 2.04. The van der Waals surface area contributed by atoms with Gasteiger partial charge < -0.3 is 10.5 Å². The number of hydrogen-bond donors (Lipinski definition) is 1. The second-order valence-electron chi connectivity index (χ2n) is 3.34. The molecule has 0 aliphatic carbocycles. The molecule has 1 aromatic carbocycles. The highest BCUT2D eigenvalue weighted by molar-refractivity contribution is 5.42. The second-order valence-corrected chi connectivity index (χ2v) is 3.34. The van der Waals surface area contributed by atoms with Crippen LogP contribution in [0, 0.1) is 6.92 Å². The minimum atomic E-state index is 0.166. The molecular weight excluding hydrogens is 150 g/mol. The molecular formula is C10H13NO. The Morgan fingerprint density at radius 1 is 1.50 bits per heavy atom. The van der Waals surface area contributed by atoms with Gasteiger partial charge in [-0.3, -0.25) is 0 Å². The van der Waals surface area contributed by atoms with Gasteiger partial charge in [0.05, 0.1) is 0 Å². The summed E-state index contributed by atoms with van der Waals surface area (Å²) in [7, 11) is 0. The number of aryl methyl sites for hydroxylation is 1. The summed E-state index contributed by atoms with van der Waals surface area (Å²) in [4.78, 5) is 0. The minimum absolute atomic E-state index is 0.166. The number of ether oxygens (including phenoxy) is 1. The van der Waals surface area contributed by atoms with Crippen LogP contribution in [0.4, 0.5) is 0 Å². The van der Waals surface area contributed by atoms with E-state index >= 15 is 0 Å². The Hall–Kier alpha value is -1.02. The molecule has 0 amide bonds. The van der Waals surface area contributed by atoms with Crippen LogP contribution in [0.2, 0.25) is 0 Å². The van der Waals surface area contributed by atoms with E-state index in [9.17, 15) is 0 Å². The van der Waals surface area contributed by atoms with E-state index in [1.165, 1.54) is 11.1 Å². The number of benzene rings is 1. The van der Waals surface area contributed by atoms with Crippen molar-refractivity contribution in [2.45, 2.75) is 19.4 Å². The summed E-state index contributed by atoms with van der Waals surface area (Å²) in [5.74, 6) is 1.04. The van der Waals surface area contributed by atoms with Gasteiger partial charge >= 0.3 is 0 Å². The molecule has 1 aliphatic heterocycles. The first-order valence-electron chi connectivity index (χ1n) is 4.24. The van der Waals surface area contributed by atoms with Gasteiger partial charge in [-0.05, 0) is 24.5 Å². The maximum absolute atomic E-state index is 5.77. The second kappa shape index (κ2) is 2.79. The highest BCUT2D eigenvalue weighted by atomic mass is 16.5. The monoisotopic (exact) mass is 163 g/mol. The summed E-state index contributed by atoms with van der Waals surface area (Å²) in [6.07, 6.45) is 0.941. The van der Waals surface area contributed by atoms with Crippen molar-refractivity contribution in [1.29, 1.82) is 0 Å². The van der Waals surface area contributed by atoms with Crippen LogP contribution in [-0.4, -0.2) is 12.6 Å². The molecule has 1 atom stereocenters. The Kier molecular flexibility index (Phi) is 1.77. The Morgan fingerprint density at radius 3 is 3.17 bits per heavy atom. The van der Waals surface area contributed by atoms with E-state index in [1.54, 1.807) is 0 Å². The number of para-hydroxylation sites is 1. The molecule has 64 valence electrons. The maximum atomic E-state index is 5.77. The fraction of sp³-hybridized carbons (Fsp3) is 0.400. The van der Waals surface area contributed by atoms with Crippen LogP contribution in [0.3, 0.4) is 0 Å². The maximum Gasteiger partial charge on any atom is 0.125 e. The third kappa shape index (κ3) is 1.18. The topological polar surface area (TPSA) is 35.2 Å². The summed E-state index contributed by atoms with van der Waals surface area (Å²) < 4.78 is 5.54. The van der Waals surface area contributed by atoms with Gasteiger partial charge in [0, 0.05) is 6.04 Å². The first-order valence-corrected chi connectivity index (χ1v) is 4.24. The minimum Gasteiger partial charge on any atom is -0.491 e. The number of hydrogen-bond acceptors (Lipinski definition) is 2. The van der Waals surface area contributed by atoms with Crippen LogP contribution < -0.4 is 10.5 Å². The molecule has 0 bridgehead atoms. The number of rotatable bonds is 0. The van der Waals surface area contributed by atoms with E-state index in [1.807, 2.05) is 0 Å². The predicted molar refractivity (Wildman–Crippen MR) is 48.4 cm³/mol. The van der Waals surface area contributed by atoms with Gasteiger partial charge in [0.25, 0.3) is 0 Å². The lowest BCUT2D eigenvalue weighted by molar-refractivity contribution is 0.262. The Morgan fingerprint density at radius 2 is 2.33 bits per heavy atom. The van der Waals surface area contributed by atoms with Crippen LogP contribution in [0.1, 0.15) is 11.1 Å². The molecule has 0 unspecified atom stereocenters. The molecule has 0 fully saturated rings. The van der Waals surface area contributed by atoms with E-state index in [0.717, 1.165) is 12.2 Å². The van der Waals surface area contributed by atoms with Gasteiger partial charge in [0.2, 0.25) is 0 Å². The van der Waals surface area contributed by atoms with E-state index in [2.05, 4.69) is 25.1 Å². The third-order valence-corrected chi connectivity index (χ3v) is 2.22. The van der Waals surface area contributed by atoms with Crippen LogP contribution in [0.15, 0.2) is 18.2 Å². The average molecular weight is 163 g/mol. The number of fused-ring (bicyclic) bond motifs is 1. The molecule has 0 spiro atoms. The standard InChI is InChI=1S/C10H13NO/c1-7-3-2-4-8-5-9(11)6-12-10(7)8/h2-4,9H,5-6,11H2,1H3/t9-/m1/s1. The zero-order valence-electron chi connectivity index (χ0n) is 7.21. The number of nitrogens with two attached hydrogens (primary N) is 1. The molecule has 2 N–H and O–H groups in total. The molecule has 12 heavy (non-hydrogen) atoms. The smallest absolute Gasteiger partial charge is 0.125 e. The van der Waals surface area contributed by atoms with E-state index in [0.29, 0.717) is 6.61 Å². The fourth-order valence-corrected chi connectivity index (χ4v) is 1.61. The molecule has 0 saturated heterocycles. The van der Waals surface area contributed by atoms with Gasteiger partial charge in [0.1, 0.15) is 12.4 Å². The first-order chi connectivity index (χ1) is 5.77. The molecule has 2 rings (SSSR count). The first kappa shape index (κ1) is 7.62. The van der Waals surface area contributed by atoms with Gasteiger partial charge in [-0.2, -0.15) is 0 Å². The summed E-state index contributed by atoms with van der Waals surface area (Å²) in [5.41, 5.74) is 8.23. The summed E-state index contributed by atoms with van der Waals surface area (Å²) >= 11 is 0. The summed E-state index contributed by atoms with van der Waals surface area (Å²) in [6, 6.07) is 6.37. The molecule has 0 saturated carbocycles. The Labute approximate surface area is 72.3 Å². The van der Waals surface area contributed by atoms with E-state index in [-0.39, 0.29) is 6.04 Å². The molecule has 1 heterocycles. The van der Waals surface area contributed by atoms with Crippen LogP contribution in [0.5, 0.6) is 5.75 Å². The zero-order chi connectivity index (χ0) is 8.55. The van der Waals surface area contributed by atoms with Crippen LogP contribution in [-0.2, 0) is 6.42 Å². The van der Waals surface area contributed by atoms with Crippen LogP contribution >= 0.6 is 0 Å².